The number of halogens is 1. The highest BCUT2D eigenvalue weighted by molar-refractivity contribution is 9.10. The summed E-state index contributed by atoms with van der Waals surface area (Å²) in [5.74, 6) is 0.349. The molecule has 3 rings (SSSR count). The molecule has 21 heavy (non-hydrogen) atoms. The van der Waals surface area contributed by atoms with Crippen molar-refractivity contribution in [1.82, 2.24) is 4.90 Å². The van der Waals surface area contributed by atoms with Crippen LogP contribution in [0.2, 0.25) is 0 Å². The first-order valence-corrected chi connectivity index (χ1v) is 7.97. The van der Waals surface area contributed by atoms with Gasteiger partial charge in [-0.05, 0) is 17.2 Å². The molecule has 0 aromatic heterocycles. The Bertz CT molecular complexity index is 648. The summed E-state index contributed by atoms with van der Waals surface area (Å²) in [6, 6.07) is 21.2. The zero-order valence-electron chi connectivity index (χ0n) is 11.7. The van der Waals surface area contributed by atoms with Crippen molar-refractivity contribution in [2.75, 3.05) is 13.1 Å². The van der Waals surface area contributed by atoms with Crippen LogP contribution < -0.4 is 0 Å². The van der Waals surface area contributed by atoms with E-state index >= 15 is 0 Å². The molecule has 2 aromatic carbocycles. The summed E-state index contributed by atoms with van der Waals surface area (Å²) < 4.78 is 1.11. The zero-order valence-corrected chi connectivity index (χ0v) is 13.3. The van der Waals surface area contributed by atoms with Crippen molar-refractivity contribution in [3.8, 4) is 6.07 Å². The quantitative estimate of drug-likeness (QED) is 0.837. The van der Waals surface area contributed by atoms with E-state index in [0.29, 0.717) is 0 Å². The van der Waals surface area contributed by atoms with Crippen molar-refractivity contribution >= 4 is 15.9 Å². The third kappa shape index (κ3) is 3.18. The Kier molecular flexibility index (Phi) is 4.38. The summed E-state index contributed by atoms with van der Waals surface area (Å²) in [5.41, 5.74) is 2.56. The monoisotopic (exact) mass is 340 g/mol. The second-order valence-corrected chi connectivity index (χ2v) is 6.40. The van der Waals surface area contributed by atoms with Crippen molar-refractivity contribution in [2.24, 2.45) is 5.92 Å². The molecule has 0 spiro atoms. The minimum atomic E-state index is 0.0624. The van der Waals surface area contributed by atoms with Gasteiger partial charge in [0, 0.05) is 30.0 Å². The van der Waals surface area contributed by atoms with Crippen molar-refractivity contribution in [3.63, 3.8) is 0 Å². The molecule has 0 bridgehead atoms. The highest BCUT2D eigenvalue weighted by atomic mass is 79.9. The SMILES string of the molecule is N#CC1CN(Cc2ccccc2)CC1c1ccccc1Br. The predicted molar refractivity (Wildman–Crippen MR) is 87.7 cm³/mol. The van der Waals surface area contributed by atoms with E-state index in [1.54, 1.807) is 0 Å². The van der Waals surface area contributed by atoms with Crippen LogP contribution in [0.15, 0.2) is 59.1 Å². The van der Waals surface area contributed by atoms with E-state index in [2.05, 4.69) is 63.3 Å². The minimum absolute atomic E-state index is 0.0624. The molecule has 1 heterocycles. The highest BCUT2D eigenvalue weighted by Crippen LogP contribution is 2.36. The van der Waals surface area contributed by atoms with Crippen molar-refractivity contribution in [1.29, 1.82) is 5.26 Å². The Morgan fingerprint density at radius 2 is 1.76 bits per heavy atom. The molecule has 0 N–H and O–H groups in total. The lowest BCUT2D eigenvalue weighted by Gasteiger charge is -2.17. The molecule has 0 radical (unpaired) electrons. The fourth-order valence-electron chi connectivity index (χ4n) is 3.08. The van der Waals surface area contributed by atoms with Crippen molar-refractivity contribution in [3.05, 3.63) is 70.2 Å². The summed E-state index contributed by atoms with van der Waals surface area (Å²) in [7, 11) is 0. The number of rotatable bonds is 3. The maximum absolute atomic E-state index is 9.48. The molecular formula is C18H17BrN2. The van der Waals surface area contributed by atoms with Crippen LogP contribution >= 0.6 is 15.9 Å². The average Bonchev–Trinajstić information content (AvgIpc) is 2.91. The summed E-state index contributed by atoms with van der Waals surface area (Å²) in [6.07, 6.45) is 0. The largest absolute Gasteiger partial charge is 0.297 e. The van der Waals surface area contributed by atoms with Crippen molar-refractivity contribution in [2.45, 2.75) is 12.5 Å². The van der Waals surface area contributed by atoms with Crippen LogP contribution in [0.5, 0.6) is 0 Å². The fourth-order valence-corrected chi connectivity index (χ4v) is 3.66. The molecule has 2 atom stereocenters. The van der Waals surface area contributed by atoms with E-state index in [9.17, 15) is 5.26 Å². The number of nitrogens with zero attached hydrogens (tertiary/aromatic N) is 2. The van der Waals surface area contributed by atoms with Gasteiger partial charge in [0.15, 0.2) is 0 Å². The van der Waals surface area contributed by atoms with Gasteiger partial charge in [-0.15, -0.1) is 0 Å². The molecule has 1 saturated heterocycles. The molecule has 2 unspecified atom stereocenters. The second-order valence-electron chi connectivity index (χ2n) is 5.54. The van der Waals surface area contributed by atoms with Gasteiger partial charge in [0.1, 0.15) is 0 Å². The lowest BCUT2D eigenvalue weighted by Crippen LogP contribution is -2.20. The van der Waals surface area contributed by atoms with Gasteiger partial charge in [-0.1, -0.05) is 64.5 Å². The van der Waals surface area contributed by atoms with Crippen LogP contribution in [0.3, 0.4) is 0 Å². The molecule has 0 amide bonds. The van der Waals surface area contributed by atoms with Gasteiger partial charge in [0.05, 0.1) is 12.0 Å². The van der Waals surface area contributed by atoms with E-state index in [1.807, 2.05) is 18.2 Å². The zero-order chi connectivity index (χ0) is 14.7. The fraction of sp³-hybridized carbons (Fsp3) is 0.278. The lowest BCUT2D eigenvalue weighted by atomic mass is 9.90. The predicted octanol–water partition coefficient (Wildman–Crippen LogP) is 4.19. The number of hydrogen-bond donors (Lipinski definition) is 0. The van der Waals surface area contributed by atoms with Gasteiger partial charge in [-0.2, -0.15) is 5.26 Å². The first kappa shape index (κ1) is 14.3. The Morgan fingerprint density at radius 1 is 1.05 bits per heavy atom. The van der Waals surface area contributed by atoms with Crippen LogP contribution in [0.4, 0.5) is 0 Å². The number of likely N-dealkylation sites (tertiary alicyclic amines) is 1. The topological polar surface area (TPSA) is 27.0 Å². The maximum atomic E-state index is 9.48. The van der Waals surface area contributed by atoms with Crippen LogP contribution in [-0.2, 0) is 6.54 Å². The van der Waals surface area contributed by atoms with E-state index in [0.717, 1.165) is 24.1 Å². The van der Waals surface area contributed by atoms with Gasteiger partial charge in [-0.25, -0.2) is 0 Å². The minimum Gasteiger partial charge on any atom is -0.297 e. The first-order chi connectivity index (χ1) is 10.3. The lowest BCUT2D eigenvalue weighted by molar-refractivity contribution is 0.322. The van der Waals surface area contributed by atoms with Gasteiger partial charge >= 0.3 is 0 Å². The van der Waals surface area contributed by atoms with E-state index < -0.39 is 0 Å². The molecule has 106 valence electrons. The van der Waals surface area contributed by atoms with E-state index in [-0.39, 0.29) is 11.8 Å². The highest BCUT2D eigenvalue weighted by Gasteiger charge is 2.34. The van der Waals surface area contributed by atoms with Crippen LogP contribution in [0.25, 0.3) is 0 Å². The third-order valence-electron chi connectivity index (χ3n) is 4.12. The molecule has 1 aliphatic rings. The van der Waals surface area contributed by atoms with Crippen LogP contribution in [0.1, 0.15) is 17.0 Å². The van der Waals surface area contributed by atoms with Gasteiger partial charge in [0.25, 0.3) is 0 Å². The standard InChI is InChI=1S/C18H17BrN2/c19-18-9-5-4-8-16(18)17-13-21(12-15(17)10-20)11-14-6-2-1-3-7-14/h1-9,15,17H,11-13H2. The third-order valence-corrected chi connectivity index (χ3v) is 4.84. The maximum Gasteiger partial charge on any atom is 0.0676 e. The first-order valence-electron chi connectivity index (χ1n) is 7.18. The van der Waals surface area contributed by atoms with Crippen LogP contribution in [-0.4, -0.2) is 18.0 Å². The summed E-state index contributed by atoms with van der Waals surface area (Å²) in [5, 5.41) is 9.48. The second kappa shape index (κ2) is 6.43. The Hall–Kier alpha value is -1.63. The molecular weight excluding hydrogens is 324 g/mol. The molecule has 0 aliphatic carbocycles. The van der Waals surface area contributed by atoms with Crippen LogP contribution in [0, 0.1) is 17.2 Å². The molecule has 3 heteroatoms. The van der Waals surface area contributed by atoms with Crippen molar-refractivity contribution < 1.29 is 0 Å². The normalized spacial score (nSPS) is 22.1. The van der Waals surface area contributed by atoms with E-state index in [4.69, 9.17) is 0 Å². The number of nitriles is 1. The number of benzene rings is 2. The summed E-state index contributed by atoms with van der Waals surface area (Å²) in [4.78, 5) is 2.38. The van der Waals surface area contributed by atoms with Gasteiger partial charge in [-0.3, -0.25) is 4.90 Å². The summed E-state index contributed by atoms with van der Waals surface area (Å²) >= 11 is 3.62. The Morgan fingerprint density at radius 3 is 2.48 bits per heavy atom. The Balaban J connectivity index is 1.78. The average molecular weight is 341 g/mol. The molecule has 1 aliphatic heterocycles. The van der Waals surface area contributed by atoms with Gasteiger partial charge < -0.3 is 0 Å². The Labute approximate surface area is 134 Å². The molecule has 1 fully saturated rings. The molecule has 2 aromatic rings. The molecule has 0 saturated carbocycles. The smallest absolute Gasteiger partial charge is 0.0676 e. The summed E-state index contributed by atoms with van der Waals surface area (Å²) in [6.45, 7) is 2.70. The molecule has 2 nitrogen and oxygen atoms in total. The van der Waals surface area contributed by atoms with Gasteiger partial charge in [0.2, 0.25) is 0 Å². The number of hydrogen-bond acceptors (Lipinski definition) is 2. The van der Waals surface area contributed by atoms with E-state index in [1.165, 1.54) is 11.1 Å².